The molecule has 1 aromatic rings. The van der Waals surface area contributed by atoms with E-state index in [9.17, 15) is 13.2 Å². The van der Waals surface area contributed by atoms with Gasteiger partial charge in [-0.15, -0.1) is 0 Å². The average molecular weight is 297 g/mol. The molecule has 20 heavy (non-hydrogen) atoms. The van der Waals surface area contributed by atoms with Gasteiger partial charge in [0.1, 0.15) is 0 Å². The van der Waals surface area contributed by atoms with Gasteiger partial charge >= 0.3 is 5.97 Å². The Morgan fingerprint density at radius 3 is 2.55 bits per heavy atom. The fraction of sp³-hybridized carbons (Fsp3) is 0.500. The number of hydrogen-bond acceptors (Lipinski definition) is 3. The standard InChI is InChI=1S/C14H19NO4S/c1-9-6-7-12(14(16)17)8-13(9)20(18,19)15-10(2)11-4-3-5-11/h6-8,10-11,15H,3-5H2,1-2H3,(H,16,17). The number of nitrogens with one attached hydrogen (secondary N) is 1. The number of carboxylic acid groups (broad SMARTS) is 1. The van der Waals surface area contributed by atoms with Crippen LogP contribution in [0, 0.1) is 12.8 Å². The molecule has 0 saturated heterocycles. The number of carbonyl (C=O) groups is 1. The second kappa shape index (κ2) is 5.54. The highest BCUT2D eigenvalue weighted by atomic mass is 32.2. The van der Waals surface area contributed by atoms with Crippen molar-refractivity contribution in [2.75, 3.05) is 0 Å². The van der Waals surface area contributed by atoms with E-state index in [1.165, 1.54) is 18.2 Å². The predicted octanol–water partition coefficient (Wildman–Crippen LogP) is 2.16. The number of benzene rings is 1. The summed E-state index contributed by atoms with van der Waals surface area (Å²) < 4.78 is 27.4. The van der Waals surface area contributed by atoms with Crippen molar-refractivity contribution < 1.29 is 18.3 Å². The van der Waals surface area contributed by atoms with Crippen LogP contribution in [0.1, 0.15) is 42.1 Å². The maximum atomic E-state index is 12.4. The normalized spacial score (nSPS) is 17.5. The molecule has 2 N–H and O–H groups in total. The lowest BCUT2D eigenvalue weighted by molar-refractivity contribution is 0.0696. The Kier molecular flexibility index (Phi) is 4.15. The molecule has 1 aliphatic carbocycles. The van der Waals surface area contributed by atoms with E-state index in [-0.39, 0.29) is 16.5 Å². The minimum atomic E-state index is -3.68. The summed E-state index contributed by atoms with van der Waals surface area (Å²) >= 11 is 0. The summed E-state index contributed by atoms with van der Waals surface area (Å²) in [5.41, 5.74) is 0.524. The van der Waals surface area contributed by atoms with Crippen molar-refractivity contribution in [2.24, 2.45) is 5.92 Å². The van der Waals surface area contributed by atoms with Crippen molar-refractivity contribution in [2.45, 2.75) is 44.0 Å². The molecular weight excluding hydrogens is 278 g/mol. The molecule has 0 bridgehead atoms. The minimum absolute atomic E-state index is 0.0210. The first-order valence-corrected chi connectivity index (χ1v) is 8.16. The number of aryl methyl sites for hydroxylation is 1. The van der Waals surface area contributed by atoms with Gasteiger partial charge in [0.2, 0.25) is 10.0 Å². The minimum Gasteiger partial charge on any atom is -0.478 e. The first kappa shape index (κ1) is 15.0. The SMILES string of the molecule is Cc1ccc(C(=O)O)cc1S(=O)(=O)NC(C)C1CCC1. The Morgan fingerprint density at radius 1 is 1.40 bits per heavy atom. The summed E-state index contributed by atoms with van der Waals surface area (Å²) in [5.74, 6) is -0.749. The van der Waals surface area contributed by atoms with Gasteiger partial charge in [0, 0.05) is 6.04 Å². The summed E-state index contributed by atoms with van der Waals surface area (Å²) in [7, 11) is -3.68. The third-order valence-corrected chi connectivity index (χ3v) is 5.62. The van der Waals surface area contributed by atoms with Crippen LogP contribution in [0.3, 0.4) is 0 Å². The van der Waals surface area contributed by atoms with Crippen LogP contribution in [-0.2, 0) is 10.0 Å². The van der Waals surface area contributed by atoms with E-state index >= 15 is 0 Å². The van der Waals surface area contributed by atoms with Crippen molar-refractivity contribution in [1.82, 2.24) is 4.72 Å². The van der Waals surface area contributed by atoms with Crippen LogP contribution < -0.4 is 4.72 Å². The zero-order valence-corrected chi connectivity index (χ0v) is 12.4. The van der Waals surface area contributed by atoms with Gasteiger partial charge in [-0.1, -0.05) is 12.5 Å². The molecule has 1 aliphatic rings. The maximum absolute atomic E-state index is 12.4. The Labute approximate surface area is 119 Å². The lowest BCUT2D eigenvalue weighted by atomic mass is 9.81. The van der Waals surface area contributed by atoms with Gasteiger partial charge in [0.25, 0.3) is 0 Å². The fourth-order valence-electron chi connectivity index (χ4n) is 2.37. The first-order valence-electron chi connectivity index (χ1n) is 6.67. The van der Waals surface area contributed by atoms with Crippen molar-refractivity contribution >= 4 is 16.0 Å². The summed E-state index contributed by atoms with van der Waals surface area (Å²) in [4.78, 5) is 11.0. The smallest absolute Gasteiger partial charge is 0.335 e. The zero-order chi connectivity index (χ0) is 14.9. The maximum Gasteiger partial charge on any atom is 0.335 e. The van der Waals surface area contributed by atoms with Gasteiger partial charge in [0.05, 0.1) is 10.5 Å². The predicted molar refractivity (Wildman–Crippen MR) is 75.3 cm³/mol. The van der Waals surface area contributed by atoms with Crippen LogP contribution in [0.4, 0.5) is 0 Å². The van der Waals surface area contributed by atoms with Gasteiger partial charge in [-0.2, -0.15) is 0 Å². The van der Waals surface area contributed by atoms with Crippen molar-refractivity contribution in [3.8, 4) is 0 Å². The molecule has 0 radical (unpaired) electrons. The third-order valence-electron chi connectivity index (χ3n) is 3.92. The Balaban J connectivity index is 2.28. The zero-order valence-electron chi connectivity index (χ0n) is 11.6. The highest BCUT2D eigenvalue weighted by Gasteiger charge is 2.28. The molecule has 110 valence electrons. The first-order chi connectivity index (χ1) is 9.31. The van der Waals surface area contributed by atoms with E-state index < -0.39 is 16.0 Å². The third kappa shape index (κ3) is 3.02. The number of rotatable bonds is 5. The van der Waals surface area contributed by atoms with Crippen LogP contribution in [-0.4, -0.2) is 25.5 Å². The van der Waals surface area contributed by atoms with E-state index in [1.54, 1.807) is 6.92 Å². The highest BCUT2D eigenvalue weighted by molar-refractivity contribution is 7.89. The fourth-order valence-corrected chi connectivity index (χ4v) is 3.95. The van der Waals surface area contributed by atoms with E-state index in [1.807, 2.05) is 6.92 Å². The van der Waals surface area contributed by atoms with Crippen molar-refractivity contribution in [1.29, 1.82) is 0 Å². The van der Waals surface area contributed by atoms with E-state index in [4.69, 9.17) is 5.11 Å². The van der Waals surface area contributed by atoms with Gasteiger partial charge in [-0.25, -0.2) is 17.9 Å². The van der Waals surface area contributed by atoms with E-state index in [0.717, 1.165) is 19.3 Å². The number of hydrogen-bond donors (Lipinski definition) is 2. The molecule has 1 aromatic carbocycles. The van der Waals surface area contributed by atoms with Gasteiger partial charge in [0.15, 0.2) is 0 Å². The van der Waals surface area contributed by atoms with Gasteiger partial charge in [-0.05, 0) is 50.3 Å². The summed E-state index contributed by atoms with van der Waals surface area (Å²) in [6.45, 7) is 3.52. The van der Waals surface area contributed by atoms with Crippen molar-refractivity contribution in [3.05, 3.63) is 29.3 Å². The summed E-state index contributed by atoms with van der Waals surface area (Å²) in [6, 6.07) is 4.02. The monoisotopic (exact) mass is 297 g/mol. The van der Waals surface area contributed by atoms with E-state index in [2.05, 4.69) is 4.72 Å². The van der Waals surface area contributed by atoms with Crippen LogP contribution in [0.15, 0.2) is 23.1 Å². The number of carboxylic acids is 1. The largest absolute Gasteiger partial charge is 0.478 e. The molecule has 0 spiro atoms. The van der Waals surface area contributed by atoms with Crippen LogP contribution in [0.5, 0.6) is 0 Å². The second-order valence-corrected chi connectivity index (χ2v) is 7.07. The van der Waals surface area contributed by atoms with Crippen LogP contribution in [0.25, 0.3) is 0 Å². The molecule has 1 fully saturated rings. The van der Waals surface area contributed by atoms with Gasteiger partial charge in [-0.3, -0.25) is 0 Å². The Bertz CT molecular complexity index is 620. The Hall–Kier alpha value is -1.40. The molecule has 5 nitrogen and oxygen atoms in total. The molecule has 6 heteroatoms. The molecular formula is C14H19NO4S. The molecule has 1 saturated carbocycles. The Morgan fingerprint density at radius 2 is 2.05 bits per heavy atom. The molecule has 0 aliphatic heterocycles. The molecule has 1 unspecified atom stereocenters. The van der Waals surface area contributed by atoms with Gasteiger partial charge < -0.3 is 5.11 Å². The van der Waals surface area contributed by atoms with Crippen molar-refractivity contribution in [3.63, 3.8) is 0 Å². The summed E-state index contributed by atoms with van der Waals surface area (Å²) in [5, 5.41) is 8.97. The molecule has 2 rings (SSSR count). The quantitative estimate of drug-likeness (QED) is 0.872. The number of sulfonamides is 1. The van der Waals surface area contributed by atoms with Crippen LogP contribution in [0.2, 0.25) is 0 Å². The second-order valence-electron chi connectivity index (χ2n) is 5.39. The molecule has 1 atom stereocenters. The number of aromatic carboxylic acids is 1. The lowest BCUT2D eigenvalue weighted by Crippen LogP contribution is -2.40. The topological polar surface area (TPSA) is 83.5 Å². The molecule has 0 heterocycles. The van der Waals surface area contributed by atoms with Crippen LogP contribution >= 0.6 is 0 Å². The van der Waals surface area contributed by atoms with E-state index in [0.29, 0.717) is 11.5 Å². The summed E-state index contributed by atoms with van der Waals surface area (Å²) in [6.07, 6.45) is 3.22. The lowest BCUT2D eigenvalue weighted by Gasteiger charge is -2.31. The average Bonchev–Trinajstić information content (AvgIpc) is 2.25. The molecule has 0 amide bonds. The highest BCUT2D eigenvalue weighted by Crippen LogP contribution is 2.30. The molecule has 0 aromatic heterocycles.